The Hall–Kier alpha value is -2.86. The van der Waals surface area contributed by atoms with Gasteiger partial charge >= 0.3 is 12.1 Å². The molecule has 13 heteroatoms. The van der Waals surface area contributed by atoms with Crippen molar-refractivity contribution in [2.45, 2.75) is 97.6 Å². The Morgan fingerprint density at radius 3 is 2.29 bits per heavy atom. The van der Waals surface area contributed by atoms with Crippen LogP contribution in [0.25, 0.3) is 0 Å². The summed E-state index contributed by atoms with van der Waals surface area (Å²) in [4.78, 5) is 63.4. The summed E-state index contributed by atoms with van der Waals surface area (Å²) >= 11 is 5.60. The highest BCUT2D eigenvalue weighted by atomic mass is 35.5. The lowest BCUT2D eigenvalue weighted by Crippen LogP contribution is -2.59. The monoisotopic (exact) mass is 602 g/mol. The molecular formula is C28H47ClN4O8. The molecule has 0 spiro atoms. The number of rotatable bonds is 16. The van der Waals surface area contributed by atoms with Gasteiger partial charge in [0.1, 0.15) is 18.7 Å². The summed E-state index contributed by atoms with van der Waals surface area (Å²) in [5, 5.41) is 10.9. The highest BCUT2D eigenvalue weighted by Crippen LogP contribution is 2.18. The standard InChI is InChI=1S/C28H47ClN4O8/c1-8-39-22(34)10-9-20(16-19-11-13-30-24(19)35)31-25(36)21(15-17(2)3)32-26(37)23(18(4)41-28(5,6)7)33-27(38)40-14-12-29/h9-10,17-21,23H,8,11-16H2,1-7H3,(H,30,35)(H,31,36)(H,32,37)(H,33,38)/b10-9+/t18?,19-,20+,21-,23-/m0/s1. The van der Waals surface area contributed by atoms with Gasteiger partial charge in [-0.05, 0) is 59.8 Å². The summed E-state index contributed by atoms with van der Waals surface area (Å²) in [7, 11) is 0. The zero-order chi connectivity index (χ0) is 31.2. The van der Waals surface area contributed by atoms with E-state index in [1.54, 1.807) is 13.8 Å². The molecule has 1 heterocycles. The largest absolute Gasteiger partial charge is 0.463 e. The normalized spacial score (nSPS) is 18.3. The zero-order valence-corrected chi connectivity index (χ0v) is 26.0. The molecule has 1 rings (SSSR count). The molecule has 1 unspecified atom stereocenters. The Morgan fingerprint density at radius 1 is 1.07 bits per heavy atom. The van der Waals surface area contributed by atoms with Crippen molar-refractivity contribution in [3.05, 3.63) is 12.2 Å². The van der Waals surface area contributed by atoms with Gasteiger partial charge in [0.15, 0.2) is 0 Å². The molecular weight excluding hydrogens is 556 g/mol. The van der Waals surface area contributed by atoms with Crippen LogP contribution in [0.3, 0.4) is 0 Å². The fraction of sp³-hybridized carbons (Fsp3) is 0.750. The minimum Gasteiger partial charge on any atom is -0.463 e. The Bertz CT molecular complexity index is 921. The Morgan fingerprint density at radius 2 is 1.76 bits per heavy atom. The van der Waals surface area contributed by atoms with Crippen molar-refractivity contribution >= 4 is 41.4 Å². The van der Waals surface area contributed by atoms with Crippen LogP contribution in [-0.2, 0) is 33.4 Å². The predicted octanol–water partition coefficient (Wildman–Crippen LogP) is 2.18. The van der Waals surface area contributed by atoms with Crippen molar-refractivity contribution in [1.82, 2.24) is 21.3 Å². The van der Waals surface area contributed by atoms with Gasteiger partial charge < -0.3 is 35.5 Å². The molecule has 0 aromatic carbocycles. The molecule has 0 saturated carbocycles. The minimum atomic E-state index is -1.18. The van der Waals surface area contributed by atoms with Crippen molar-refractivity contribution < 1.29 is 38.2 Å². The van der Waals surface area contributed by atoms with Crippen LogP contribution in [0.4, 0.5) is 4.79 Å². The molecule has 4 N–H and O–H groups in total. The maximum absolute atomic E-state index is 13.5. The van der Waals surface area contributed by atoms with E-state index in [9.17, 15) is 24.0 Å². The van der Waals surface area contributed by atoms with Crippen LogP contribution in [-0.4, -0.2) is 85.3 Å². The average molecular weight is 603 g/mol. The topological polar surface area (TPSA) is 161 Å². The second kappa shape index (κ2) is 17.8. The molecule has 1 fully saturated rings. The lowest BCUT2D eigenvalue weighted by atomic mass is 9.96. The minimum absolute atomic E-state index is 0.0172. The molecule has 0 aromatic heterocycles. The van der Waals surface area contributed by atoms with Crippen molar-refractivity contribution in [3.63, 3.8) is 0 Å². The van der Waals surface area contributed by atoms with E-state index in [1.807, 2.05) is 34.6 Å². The number of ether oxygens (including phenoxy) is 3. The summed E-state index contributed by atoms with van der Waals surface area (Å²) in [5.41, 5.74) is -0.626. The second-order valence-electron chi connectivity index (χ2n) is 11.3. The lowest BCUT2D eigenvalue weighted by Gasteiger charge is -2.32. The summed E-state index contributed by atoms with van der Waals surface area (Å²) in [6, 6.07) is -2.83. The molecule has 0 radical (unpaired) electrons. The Kier molecular flexibility index (Phi) is 15.7. The Labute approximate surface area is 248 Å². The molecule has 4 amide bonds. The predicted molar refractivity (Wildman–Crippen MR) is 154 cm³/mol. The molecule has 0 aromatic rings. The SMILES string of the molecule is CCOC(=O)/C=C/[C@H](C[C@@H]1CCNC1=O)NC(=O)[C@H](CC(C)C)NC(=O)[C@@H](NC(=O)OCCCl)C(C)OC(C)(C)C. The first-order valence-corrected chi connectivity index (χ1v) is 14.6. The van der Waals surface area contributed by atoms with Gasteiger partial charge in [0, 0.05) is 24.6 Å². The number of esters is 1. The summed E-state index contributed by atoms with van der Waals surface area (Å²) in [6.07, 6.45) is 2.24. The van der Waals surface area contributed by atoms with Gasteiger partial charge in [0.25, 0.3) is 0 Å². The van der Waals surface area contributed by atoms with Gasteiger partial charge in [0.05, 0.1) is 24.2 Å². The molecule has 1 aliphatic heterocycles. The van der Waals surface area contributed by atoms with Gasteiger partial charge in [-0.3, -0.25) is 14.4 Å². The quantitative estimate of drug-likeness (QED) is 0.119. The summed E-state index contributed by atoms with van der Waals surface area (Å²) in [6.45, 7) is 13.2. The molecule has 0 aliphatic carbocycles. The second-order valence-corrected chi connectivity index (χ2v) is 11.7. The molecule has 234 valence electrons. The Balaban J connectivity index is 3.16. The number of alkyl carbamates (subject to hydrolysis) is 1. The van der Waals surface area contributed by atoms with Crippen LogP contribution in [0.5, 0.6) is 0 Å². The molecule has 41 heavy (non-hydrogen) atoms. The number of carbonyl (C=O) groups is 5. The number of alkyl halides is 1. The number of amides is 4. The van der Waals surface area contributed by atoms with Crippen molar-refractivity contribution in [1.29, 1.82) is 0 Å². The van der Waals surface area contributed by atoms with Gasteiger partial charge in [-0.2, -0.15) is 0 Å². The number of hydrogen-bond acceptors (Lipinski definition) is 8. The third-order valence-corrected chi connectivity index (χ3v) is 6.15. The van der Waals surface area contributed by atoms with Gasteiger partial charge in [-0.25, -0.2) is 9.59 Å². The van der Waals surface area contributed by atoms with Crippen molar-refractivity contribution in [2.24, 2.45) is 11.8 Å². The number of hydrogen-bond donors (Lipinski definition) is 4. The highest BCUT2D eigenvalue weighted by Gasteiger charge is 2.35. The van der Waals surface area contributed by atoms with E-state index >= 15 is 0 Å². The molecule has 1 aliphatic rings. The first-order chi connectivity index (χ1) is 19.2. The fourth-order valence-electron chi connectivity index (χ4n) is 4.32. The lowest BCUT2D eigenvalue weighted by molar-refractivity contribution is -0.137. The number of halogens is 1. The van der Waals surface area contributed by atoms with Crippen LogP contribution in [0.2, 0.25) is 0 Å². The van der Waals surface area contributed by atoms with E-state index in [2.05, 4.69) is 21.3 Å². The number of carbonyl (C=O) groups excluding carboxylic acids is 5. The van der Waals surface area contributed by atoms with Crippen LogP contribution in [0, 0.1) is 11.8 Å². The van der Waals surface area contributed by atoms with E-state index in [-0.39, 0.29) is 49.7 Å². The molecule has 0 bridgehead atoms. The van der Waals surface area contributed by atoms with E-state index < -0.39 is 53.7 Å². The first kappa shape index (κ1) is 36.2. The summed E-state index contributed by atoms with van der Waals surface area (Å²) in [5.74, 6) is -2.07. The highest BCUT2D eigenvalue weighted by molar-refractivity contribution is 6.18. The number of nitrogens with one attached hydrogen (secondary N) is 4. The van der Waals surface area contributed by atoms with E-state index in [0.717, 1.165) is 0 Å². The third kappa shape index (κ3) is 14.6. The van der Waals surface area contributed by atoms with Crippen LogP contribution in [0.1, 0.15) is 67.7 Å². The van der Waals surface area contributed by atoms with Crippen molar-refractivity contribution in [3.8, 4) is 0 Å². The van der Waals surface area contributed by atoms with Crippen LogP contribution < -0.4 is 21.3 Å². The van der Waals surface area contributed by atoms with Crippen LogP contribution in [0.15, 0.2) is 12.2 Å². The zero-order valence-electron chi connectivity index (χ0n) is 25.2. The fourth-order valence-corrected chi connectivity index (χ4v) is 4.39. The van der Waals surface area contributed by atoms with E-state index in [4.69, 9.17) is 25.8 Å². The van der Waals surface area contributed by atoms with Gasteiger partial charge in [0.2, 0.25) is 17.7 Å². The van der Waals surface area contributed by atoms with Gasteiger partial charge in [-0.1, -0.05) is 19.9 Å². The van der Waals surface area contributed by atoms with E-state index in [0.29, 0.717) is 13.0 Å². The summed E-state index contributed by atoms with van der Waals surface area (Å²) < 4.78 is 15.8. The van der Waals surface area contributed by atoms with E-state index in [1.165, 1.54) is 12.2 Å². The maximum atomic E-state index is 13.5. The van der Waals surface area contributed by atoms with Crippen LogP contribution >= 0.6 is 11.6 Å². The van der Waals surface area contributed by atoms with Gasteiger partial charge in [-0.15, -0.1) is 11.6 Å². The molecule has 1 saturated heterocycles. The molecule has 5 atom stereocenters. The maximum Gasteiger partial charge on any atom is 0.407 e. The average Bonchev–Trinajstić information content (AvgIpc) is 3.26. The third-order valence-electron chi connectivity index (χ3n) is 6.00. The smallest absolute Gasteiger partial charge is 0.407 e. The molecule has 12 nitrogen and oxygen atoms in total. The first-order valence-electron chi connectivity index (χ1n) is 14.1. The van der Waals surface area contributed by atoms with Crippen molar-refractivity contribution in [2.75, 3.05) is 25.6 Å².